The maximum Gasteiger partial charge on any atom is 0.313 e. The molecule has 2 unspecified atom stereocenters. The molecule has 0 aromatic heterocycles. The Morgan fingerprint density at radius 2 is 2.00 bits per heavy atom. The summed E-state index contributed by atoms with van der Waals surface area (Å²) in [7, 11) is 1.54. The van der Waals surface area contributed by atoms with Gasteiger partial charge in [-0.05, 0) is 29.7 Å². The molecule has 0 spiro atoms. The molecule has 1 aliphatic rings. The van der Waals surface area contributed by atoms with Crippen molar-refractivity contribution in [3.63, 3.8) is 0 Å². The lowest BCUT2D eigenvalue weighted by atomic mass is 9.88. The largest absolute Gasteiger partial charge is 0.497 e. The van der Waals surface area contributed by atoms with Crippen LogP contribution in [0.2, 0.25) is 0 Å². The van der Waals surface area contributed by atoms with E-state index in [0.717, 1.165) is 0 Å². The number of carboxylic acids is 1. The number of anilines is 1. The van der Waals surface area contributed by atoms with Gasteiger partial charge in [0.25, 0.3) is 0 Å². The normalized spacial score (nSPS) is 20.9. The molecule has 1 aromatic carbocycles. The number of methoxy groups -OCH3 is 1. The number of carboxylic acid groups (broad SMARTS) is 1. The summed E-state index contributed by atoms with van der Waals surface area (Å²) >= 11 is 0. The van der Waals surface area contributed by atoms with Crippen molar-refractivity contribution in [2.75, 3.05) is 12.0 Å². The highest BCUT2D eigenvalue weighted by atomic mass is 16.5. The number of nitrogens with zero attached hydrogens (tertiary/aromatic N) is 1. The summed E-state index contributed by atoms with van der Waals surface area (Å²) in [6.45, 7) is 5.33. The molecule has 1 aromatic rings. The molecule has 2 rings (SSSR count). The monoisotopic (exact) mass is 277 g/mol. The van der Waals surface area contributed by atoms with Crippen molar-refractivity contribution >= 4 is 17.6 Å². The molecule has 0 saturated carbocycles. The number of aliphatic carboxylic acids is 1. The minimum atomic E-state index is -0.915. The van der Waals surface area contributed by atoms with Crippen LogP contribution in [0.4, 0.5) is 5.69 Å². The van der Waals surface area contributed by atoms with Crippen LogP contribution in [0.5, 0.6) is 5.75 Å². The zero-order valence-electron chi connectivity index (χ0n) is 12.1. The van der Waals surface area contributed by atoms with E-state index in [1.54, 1.807) is 23.1 Å². The third-order valence-corrected chi connectivity index (χ3v) is 3.76. The van der Waals surface area contributed by atoms with Crippen LogP contribution in [-0.4, -0.2) is 30.1 Å². The first kappa shape index (κ1) is 14.4. The van der Waals surface area contributed by atoms with E-state index in [-0.39, 0.29) is 17.9 Å². The molecule has 1 aliphatic heterocycles. The van der Waals surface area contributed by atoms with Crippen molar-refractivity contribution in [3.8, 4) is 5.75 Å². The van der Waals surface area contributed by atoms with Crippen molar-refractivity contribution in [3.05, 3.63) is 23.8 Å². The van der Waals surface area contributed by atoms with E-state index in [4.69, 9.17) is 4.74 Å². The molecule has 0 radical (unpaired) electrons. The van der Waals surface area contributed by atoms with Crippen LogP contribution in [0.25, 0.3) is 0 Å². The highest BCUT2D eigenvalue weighted by molar-refractivity contribution is 5.99. The number of benzene rings is 1. The Bertz CT molecular complexity index is 553. The number of amides is 1. The lowest BCUT2D eigenvalue weighted by Gasteiger charge is -2.29. The fourth-order valence-electron chi connectivity index (χ4n) is 2.96. The lowest BCUT2D eigenvalue weighted by molar-refractivity contribution is -0.139. The number of hydrogen-bond donors (Lipinski definition) is 1. The summed E-state index contributed by atoms with van der Waals surface area (Å²) in [5.74, 6) is -1.13. The maximum absolute atomic E-state index is 11.9. The van der Waals surface area contributed by atoms with E-state index in [9.17, 15) is 14.7 Å². The average molecular weight is 277 g/mol. The Morgan fingerprint density at radius 1 is 1.35 bits per heavy atom. The zero-order chi connectivity index (χ0) is 15.0. The smallest absolute Gasteiger partial charge is 0.313 e. The zero-order valence-corrected chi connectivity index (χ0v) is 12.1. The van der Waals surface area contributed by atoms with Gasteiger partial charge in [0.2, 0.25) is 5.91 Å². The Kier molecular flexibility index (Phi) is 3.70. The van der Waals surface area contributed by atoms with Gasteiger partial charge in [-0.2, -0.15) is 0 Å². The summed E-state index contributed by atoms with van der Waals surface area (Å²) < 4.78 is 5.16. The van der Waals surface area contributed by atoms with Gasteiger partial charge in [-0.15, -0.1) is 0 Å². The lowest BCUT2D eigenvalue weighted by Crippen LogP contribution is -2.43. The maximum atomic E-state index is 11.9. The Hall–Kier alpha value is -2.04. The molecule has 0 saturated heterocycles. The van der Waals surface area contributed by atoms with Gasteiger partial charge in [0.15, 0.2) is 0 Å². The third kappa shape index (κ3) is 2.13. The number of carbonyl (C=O) groups excluding carboxylic acids is 1. The summed E-state index contributed by atoms with van der Waals surface area (Å²) in [6, 6.07) is 4.85. The topological polar surface area (TPSA) is 66.8 Å². The van der Waals surface area contributed by atoms with Gasteiger partial charge in [0.05, 0.1) is 13.2 Å². The van der Waals surface area contributed by atoms with Crippen LogP contribution >= 0.6 is 0 Å². The Morgan fingerprint density at radius 3 is 2.45 bits per heavy atom. The standard InChI is InChI=1S/C15H19NO4/c1-8(2)14-13(15(18)19)11-7-10(20-4)5-6-12(11)16(14)9(3)17/h5-8,13-14H,1-4H3,(H,18,19). The Labute approximate surface area is 118 Å². The van der Waals surface area contributed by atoms with E-state index in [1.807, 2.05) is 13.8 Å². The molecule has 20 heavy (non-hydrogen) atoms. The van der Waals surface area contributed by atoms with E-state index in [1.165, 1.54) is 14.0 Å². The van der Waals surface area contributed by atoms with E-state index >= 15 is 0 Å². The van der Waals surface area contributed by atoms with Crippen LogP contribution in [0.1, 0.15) is 32.3 Å². The predicted molar refractivity (Wildman–Crippen MR) is 75.2 cm³/mol. The fraction of sp³-hybridized carbons (Fsp3) is 0.467. The molecule has 0 bridgehead atoms. The van der Waals surface area contributed by atoms with Gasteiger partial charge < -0.3 is 14.7 Å². The van der Waals surface area contributed by atoms with Crippen LogP contribution < -0.4 is 9.64 Å². The second-order valence-electron chi connectivity index (χ2n) is 5.36. The van der Waals surface area contributed by atoms with E-state index in [0.29, 0.717) is 17.0 Å². The van der Waals surface area contributed by atoms with Crippen molar-refractivity contribution in [2.45, 2.75) is 32.7 Å². The molecule has 5 heteroatoms. The van der Waals surface area contributed by atoms with Gasteiger partial charge in [0, 0.05) is 12.6 Å². The van der Waals surface area contributed by atoms with Crippen LogP contribution in [0, 0.1) is 5.92 Å². The van der Waals surface area contributed by atoms with Crippen LogP contribution in [0.3, 0.4) is 0 Å². The van der Waals surface area contributed by atoms with Gasteiger partial charge >= 0.3 is 5.97 Å². The fourth-order valence-corrected chi connectivity index (χ4v) is 2.96. The number of hydrogen-bond acceptors (Lipinski definition) is 3. The van der Waals surface area contributed by atoms with Crippen molar-refractivity contribution in [1.29, 1.82) is 0 Å². The third-order valence-electron chi connectivity index (χ3n) is 3.76. The minimum Gasteiger partial charge on any atom is -0.497 e. The quantitative estimate of drug-likeness (QED) is 0.920. The van der Waals surface area contributed by atoms with Crippen LogP contribution in [0.15, 0.2) is 18.2 Å². The van der Waals surface area contributed by atoms with Crippen molar-refractivity contribution < 1.29 is 19.4 Å². The molecular formula is C15H19NO4. The van der Waals surface area contributed by atoms with Gasteiger partial charge in [-0.25, -0.2) is 0 Å². The van der Waals surface area contributed by atoms with Gasteiger partial charge in [-0.1, -0.05) is 13.8 Å². The molecule has 1 heterocycles. The summed E-state index contributed by atoms with van der Waals surface area (Å²) in [6.07, 6.45) is 0. The second-order valence-corrected chi connectivity index (χ2v) is 5.36. The number of carbonyl (C=O) groups is 2. The summed E-state index contributed by atoms with van der Waals surface area (Å²) in [4.78, 5) is 25.2. The number of fused-ring (bicyclic) bond motifs is 1. The molecule has 1 N–H and O–H groups in total. The Balaban J connectivity index is 2.63. The van der Waals surface area contributed by atoms with E-state index in [2.05, 4.69) is 0 Å². The van der Waals surface area contributed by atoms with Gasteiger partial charge in [-0.3, -0.25) is 9.59 Å². The predicted octanol–water partition coefficient (Wildman–Crippen LogP) is 2.25. The molecule has 2 atom stereocenters. The molecular weight excluding hydrogens is 258 g/mol. The molecule has 0 aliphatic carbocycles. The SMILES string of the molecule is COc1ccc2c(c1)C(C(=O)O)C(C(C)C)N2C(C)=O. The molecule has 0 fully saturated rings. The first-order valence-electron chi connectivity index (χ1n) is 6.59. The number of rotatable bonds is 3. The summed E-state index contributed by atoms with van der Waals surface area (Å²) in [5.41, 5.74) is 1.31. The average Bonchev–Trinajstić information content (AvgIpc) is 2.72. The van der Waals surface area contributed by atoms with Crippen molar-refractivity contribution in [1.82, 2.24) is 0 Å². The van der Waals surface area contributed by atoms with Gasteiger partial charge in [0.1, 0.15) is 11.7 Å². The highest BCUT2D eigenvalue weighted by Crippen LogP contribution is 2.45. The molecule has 1 amide bonds. The highest BCUT2D eigenvalue weighted by Gasteiger charge is 2.46. The van der Waals surface area contributed by atoms with Crippen molar-refractivity contribution in [2.24, 2.45) is 5.92 Å². The number of ether oxygens (including phenoxy) is 1. The first-order valence-corrected chi connectivity index (χ1v) is 6.59. The summed E-state index contributed by atoms with van der Waals surface area (Å²) in [5, 5.41) is 9.56. The molecule has 108 valence electrons. The second kappa shape index (κ2) is 5.15. The van der Waals surface area contributed by atoms with E-state index < -0.39 is 11.9 Å². The van der Waals surface area contributed by atoms with Crippen LogP contribution in [-0.2, 0) is 9.59 Å². The first-order chi connectivity index (χ1) is 9.38. The molecule has 5 nitrogen and oxygen atoms in total. The minimum absolute atomic E-state index is 0.0402.